The Morgan fingerprint density at radius 3 is 2.72 bits per heavy atom. The van der Waals surface area contributed by atoms with E-state index in [9.17, 15) is 9.18 Å². The molecule has 1 amide bonds. The smallest absolute Gasteiger partial charge is 0.288 e. The average molecular weight is 249 g/mol. The Balaban J connectivity index is 1.82. The summed E-state index contributed by atoms with van der Waals surface area (Å²) in [6.07, 6.45) is 0.607. The lowest BCUT2D eigenvalue weighted by Gasteiger charge is -2.03. The van der Waals surface area contributed by atoms with E-state index in [1.54, 1.807) is 12.1 Å². The first-order chi connectivity index (χ1) is 8.65. The fourth-order valence-corrected chi connectivity index (χ4v) is 1.43. The highest BCUT2D eigenvalue weighted by Crippen LogP contribution is 2.02. The van der Waals surface area contributed by atoms with Gasteiger partial charge < -0.3 is 11.1 Å². The Bertz CT molecular complexity index is 537. The lowest BCUT2D eigenvalue weighted by Crippen LogP contribution is -2.26. The molecule has 0 atom stereocenters. The van der Waals surface area contributed by atoms with Crippen LogP contribution < -0.4 is 11.1 Å². The third kappa shape index (κ3) is 3.03. The van der Waals surface area contributed by atoms with Crippen LogP contribution in [0.2, 0.25) is 0 Å². The lowest BCUT2D eigenvalue weighted by molar-refractivity contribution is 0.0944. The van der Waals surface area contributed by atoms with Gasteiger partial charge in [-0.1, -0.05) is 12.1 Å². The first-order valence-electron chi connectivity index (χ1n) is 5.35. The topological polar surface area (TPSA) is 96.7 Å². The van der Waals surface area contributed by atoms with Crippen molar-refractivity contribution in [2.45, 2.75) is 6.42 Å². The maximum Gasteiger partial charge on any atom is 0.288 e. The molecule has 0 spiro atoms. The number of hydrogen-bond donors (Lipinski definition) is 3. The van der Waals surface area contributed by atoms with E-state index >= 15 is 0 Å². The van der Waals surface area contributed by atoms with Crippen LogP contribution in [0.3, 0.4) is 0 Å². The van der Waals surface area contributed by atoms with Crippen LogP contribution in [0.15, 0.2) is 24.3 Å². The molecule has 0 unspecified atom stereocenters. The van der Waals surface area contributed by atoms with Crippen LogP contribution in [-0.2, 0) is 6.42 Å². The molecule has 0 bridgehead atoms. The zero-order chi connectivity index (χ0) is 13.0. The molecule has 0 aliphatic rings. The zero-order valence-electron chi connectivity index (χ0n) is 9.48. The third-order valence-electron chi connectivity index (χ3n) is 2.33. The number of anilines is 1. The largest absolute Gasteiger partial charge is 0.366 e. The van der Waals surface area contributed by atoms with Gasteiger partial charge in [0.15, 0.2) is 0 Å². The maximum atomic E-state index is 12.7. The third-order valence-corrected chi connectivity index (χ3v) is 2.33. The highest BCUT2D eigenvalue weighted by Gasteiger charge is 2.09. The number of halogens is 1. The number of nitrogens with two attached hydrogens (primary N) is 1. The SMILES string of the molecule is Nc1n[nH]c(C(=O)NCCc2ccc(F)cc2)n1. The van der Waals surface area contributed by atoms with Crippen molar-refractivity contribution in [2.75, 3.05) is 12.3 Å². The van der Waals surface area contributed by atoms with Gasteiger partial charge >= 0.3 is 0 Å². The first-order valence-corrected chi connectivity index (χ1v) is 5.35. The molecule has 0 aliphatic heterocycles. The number of carbonyl (C=O) groups excluding carboxylic acids is 1. The predicted octanol–water partition coefficient (Wildman–Crippen LogP) is 0.498. The molecule has 4 N–H and O–H groups in total. The number of nitrogens with zero attached hydrogens (tertiary/aromatic N) is 2. The van der Waals surface area contributed by atoms with Gasteiger partial charge in [0, 0.05) is 6.54 Å². The molecule has 1 aromatic carbocycles. The van der Waals surface area contributed by atoms with Crippen molar-refractivity contribution in [3.05, 3.63) is 41.5 Å². The van der Waals surface area contributed by atoms with Crippen molar-refractivity contribution >= 4 is 11.9 Å². The van der Waals surface area contributed by atoms with Crippen LogP contribution in [-0.4, -0.2) is 27.6 Å². The van der Waals surface area contributed by atoms with Crippen molar-refractivity contribution in [1.29, 1.82) is 0 Å². The summed E-state index contributed by atoms with van der Waals surface area (Å²) in [4.78, 5) is 15.2. The minimum absolute atomic E-state index is 0.0266. The molecule has 6 nitrogen and oxygen atoms in total. The minimum Gasteiger partial charge on any atom is -0.366 e. The number of amides is 1. The molecule has 2 rings (SSSR count). The highest BCUT2D eigenvalue weighted by atomic mass is 19.1. The predicted molar refractivity (Wildman–Crippen MR) is 63.2 cm³/mol. The fraction of sp³-hybridized carbons (Fsp3) is 0.182. The number of H-pyrrole nitrogens is 1. The van der Waals surface area contributed by atoms with E-state index in [-0.39, 0.29) is 23.5 Å². The number of aromatic nitrogens is 3. The van der Waals surface area contributed by atoms with E-state index < -0.39 is 0 Å². The zero-order valence-corrected chi connectivity index (χ0v) is 9.48. The summed E-state index contributed by atoms with van der Waals surface area (Å²) >= 11 is 0. The Hall–Kier alpha value is -2.44. The molecule has 0 saturated carbocycles. The van der Waals surface area contributed by atoms with Gasteiger partial charge in [0.2, 0.25) is 11.8 Å². The summed E-state index contributed by atoms with van der Waals surface area (Å²) < 4.78 is 12.7. The Labute approximate surface area is 102 Å². The molecule has 1 aromatic heterocycles. The van der Waals surface area contributed by atoms with Gasteiger partial charge in [-0.2, -0.15) is 4.98 Å². The molecule has 0 radical (unpaired) electrons. The number of carbonyl (C=O) groups is 1. The van der Waals surface area contributed by atoms with Gasteiger partial charge in [0.1, 0.15) is 5.82 Å². The lowest BCUT2D eigenvalue weighted by atomic mass is 10.1. The number of rotatable bonds is 4. The standard InChI is InChI=1S/C11H12FN5O/c12-8-3-1-7(2-4-8)5-6-14-10(18)9-15-11(13)17-16-9/h1-4H,5-6H2,(H,14,18)(H3,13,15,16,17). The van der Waals surface area contributed by atoms with Crippen LogP contribution in [0.5, 0.6) is 0 Å². The van der Waals surface area contributed by atoms with E-state index in [1.807, 2.05) is 0 Å². The molecular weight excluding hydrogens is 237 g/mol. The number of nitrogens with one attached hydrogen (secondary N) is 2. The van der Waals surface area contributed by atoms with E-state index in [2.05, 4.69) is 20.5 Å². The molecule has 0 fully saturated rings. The van der Waals surface area contributed by atoms with E-state index in [0.29, 0.717) is 13.0 Å². The van der Waals surface area contributed by atoms with Crippen molar-refractivity contribution in [2.24, 2.45) is 0 Å². The van der Waals surface area contributed by atoms with Gasteiger partial charge in [-0.05, 0) is 24.1 Å². The molecule has 0 saturated heterocycles. The van der Waals surface area contributed by atoms with Gasteiger partial charge in [0.05, 0.1) is 0 Å². The summed E-state index contributed by atoms with van der Waals surface area (Å²) in [5.41, 5.74) is 6.22. The van der Waals surface area contributed by atoms with Gasteiger partial charge in [-0.3, -0.25) is 9.89 Å². The molecule has 94 valence electrons. The van der Waals surface area contributed by atoms with Crippen LogP contribution in [0.25, 0.3) is 0 Å². The molecule has 18 heavy (non-hydrogen) atoms. The molecule has 0 aliphatic carbocycles. The van der Waals surface area contributed by atoms with Crippen LogP contribution in [0.4, 0.5) is 10.3 Å². The van der Waals surface area contributed by atoms with Crippen LogP contribution in [0.1, 0.15) is 16.2 Å². The summed E-state index contributed by atoms with van der Waals surface area (Å²) in [7, 11) is 0. The number of benzene rings is 1. The van der Waals surface area contributed by atoms with Crippen molar-refractivity contribution < 1.29 is 9.18 Å². The Morgan fingerprint density at radius 2 is 2.11 bits per heavy atom. The highest BCUT2D eigenvalue weighted by molar-refractivity contribution is 5.90. The van der Waals surface area contributed by atoms with Crippen LogP contribution in [0, 0.1) is 5.82 Å². The minimum atomic E-state index is -0.374. The summed E-state index contributed by atoms with van der Waals surface area (Å²) in [6, 6.07) is 6.12. The van der Waals surface area contributed by atoms with E-state index in [0.717, 1.165) is 5.56 Å². The Morgan fingerprint density at radius 1 is 1.39 bits per heavy atom. The van der Waals surface area contributed by atoms with E-state index in [1.165, 1.54) is 12.1 Å². The van der Waals surface area contributed by atoms with Crippen LogP contribution >= 0.6 is 0 Å². The summed E-state index contributed by atoms with van der Waals surface area (Å²) in [5, 5.41) is 8.62. The summed E-state index contributed by atoms with van der Waals surface area (Å²) in [5.74, 6) is -0.550. The van der Waals surface area contributed by atoms with Crippen molar-refractivity contribution in [3.63, 3.8) is 0 Å². The molecule has 2 aromatic rings. The van der Waals surface area contributed by atoms with Crippen molar-refractivity contribution in [1.82, 2.24) is 20.5 Å². The second kappa shape index (κ2) is 5.26. The molecule has 7 heteroatoms. The number of aromatic amines is 1. The second-order valence-corrected chi connectivity index (χ2v) is 3.67. The van der Waals surface area contributed by atoms with Gasteiger partial charge in [-0.15, -0.1) is 5.10 Å². The fourth-order valence-electron chi connectivity index (χ4n) is 1.43. The van der Waals surface area contributed by atoms with E-state index in [4.69, 9.17) is 5.73 Å². The second-order valence-electron chi connectivity index (χ2n) is 3.67. The summed E-state index contributed by atoms with van der Waals surface area (Å²) in [6.45, 7) is 0.422. The Kier molecular flexibility index (Phi) is 3.52. The average Bonchev–Trinajstić information content (AvgIpc) is 2.78. The normalized spacial score (nSPS) is 10.3. The maximum absolute atomic E-state index is 12.7. The molecular formula is C11H12FN5O. The van der Waals surface area contributed by atoms with Gasteiger partial charge in [0.25, 0.3) is 5.91 Å². The first kappa shape index (κ1) is 12.0. The molecule has 1 heterocycles. The number of hydrogen-bond acceptors (Lipinski definition) is 4. The monoisotopic (exact) mass is 249 g/mol. The van der Waals surface area contributed by atoms with Crippen molar-refractivity contribution in [3.8, 4) is 0 Å². The van der Waals surface area contributed by atoms with Gasteiger partial charge in [-0.25, -0.2) is 4.39 Å². The number of nitrogen functional groups attached to an aromatic ring is 1. The quantitative estimate of drug-likeness (QED) is 0.735.